The number of carbonyl (C=O) groups is 1. The first-order chi connectivity index (χ1) is 6.63. The summed E-state index contributed by atoms with van der Waals surface area (Å²) in [6.45, 7) is 5.40. The smallest absolute Gasteiger partial charge is 0.169 e. The lowest BCUT2D eigenvalue weighted by Gasteiger charge is -2.11. The van der Waals surface area contributed by atoms with E-state index in [4.69, 9.17) is 4.74 Å². The van der Waals surface area contributed by atoms with Crippen LogP contribution in [0.4, 0.5) is 0 Å². The van der Waals surface area contributed by atoms with Crippen LogP contribution in [0.15, 0.2) is 24.3 Å². The van der Waals surface area contributed by atoms with Gasteiger partial charge in [0.05, 0.1) is 0 Å². The average Bonchev–Trinajstić information content (AvgIpc) is 2.19. The predicted molar refractivity (Wildman–Crippen MR) is 56.6 cm³/mol. The fourth-order valence-corrected chi connectivity index (χ4v) is 1.09. The van der Waals surface area contributed by atoms with Crippen molar-refractivity contribution in [3.8, 4) is 5.75 Å². The topological polar surface area (TPSA) is 26.3 Å². The van der Waals surface area contributed by atoms with E-state index in [9.17, 15) is 4.79 Å². The van der Waals surface area contributed by atoms with Gasteiger partial charge < -0.3 is 4.74 Å². The molecule has 1 atom stereocenters. The Labute approximate surface area is 84.9 Å². The van der Waals surface area contributed by atoms with E-state index in [0.29, 0.717) is 0 Å². The fraction of sp³-hybridized carbons (Fsp3) is 0.417. The lowest BCUT2D eigenvalue weighted by atomic mass is 10.2. The second-order valence-corrected chi connectivity index (χ2v) is 3.37. The molecule has 76 valence electrons. The normalized spacial score (nSPS) is 12.2. The highest BCUT2D eigenvalue weighted by atomic mass is 16.5. The zero-order valence-electron chi connectivity index (χ0n) is 8.91. The van der Waals surface area contributed by atoms with Crippen molar-refractivity contribution in [2.45, 2.75) is 33.3 Å². The van der Waals surface area contributed by atoms with Crippen LogP contribution in [-0.4, -0.2) is 11.9 Å². The number of aryl methyl sites for hydroxylation is 1. The zero-order valence-corrected chi connectivity index (χ0v) is 8.91. The molecule has 0 amide bonds. The van der Waals surface area contributed by atoms with E-state index in [1.54, 1.807) is 6.92 Å². The van der Waals surface area contributed by atoms with Crippen molar-refractivity contribution in [3.05, 3.63) is 29.8 Å². The lowest BCUT2D eigenvalue weighted by molar-refractivity contribution is -0.122. The van der Waals surface area contributed by atoms with Crippen LogP contribution in [0.3, 0.4) is 0 Å². The van der Waals surface area contributed by atoms with Gasteiger partial charge in [-0.2, -0.15) is 0 Å². The van der Waals surface area contributed by atoms with Crippen molar-refractivity contribution >= 4 is 5.78 Å². The van der Waals surface area contributed by atoms with Crippen molar-refractivity contribution in [2.24, 2.45) is 0 Å². The van der Waals surface area contributed by atoms with Gasteiger partial charge in [0.15, 0.2) is 11.9 Å². The Morgan fingerprint density at radius 2 is 1.93 bits per heavy atom. The van der Waals surface area contributed by atoms with Crippen LogP contribution in [0.25, 0.3) is 0 Å². The standard InChI is InChI=1S/C12H16O2/c1-4-11-5-7-12(8-6-11)14-10(3)9(2)13/h5-8,10H,4H2,1-3H3. The second kappa shape index (κ2) is 4.80. The largest absolute Gasteiger partial charge is 0.483 e. The lowest BCUT2D eigenvalue weighted by Crippen LogP contribution is -2.20. The van der Waals surface area contributed by atoms with E-state index < -0.39 is 0 Å². The Morgan fingerprint density at radius 3 is 2.36 bits per heavy atom. The molecule has 2 heteroatoms. The molecule has 0 aromatic heterocycles. The quantitative estimate of drug-likeness (QED) is 0.733. The van der Waals surface area contributed by atoms with Crippen LogP contribution in [0.1, 0.15) is 26.3 Å². The molecule has 1 rings (SSSR count). The Hall–Kier alpha value is -1.31. The van der Waals surface area contributed by atoms with E-state index in [-0.39, 0.29) is 11.9 Å². The highest BCUT2D eigenvalue weighted by Crippen LogP contribution is 2.14. The third-order valence-electron chi connectivity index (χ3n) is 2.22. The van der Waals surface area contributed by atoms with Crippen LogP contribution in [0.2, 0.25) is 0 Å². The van der Waals surface area contributed by atoms with Crippen LogP contribution in [0, 0.1) is 0 Å². The second-order valence-electron chi connectivity index (χ2n) is 3.37. The molecule has 0 saturated heterocycles. The summed E-state index contributed by atoms with van der Waals surface area (Å²) in [5.41, 5.74) is 1.27. The molecule has 2 nitrogen and oxygen atoms in total. The van der Waals surface area contributed by atoms with Gasteiger partial charge in [0.1, 0.15) is 5.75 Å². The predicted octanol–water partition coefficient (Wildman–Crippen LogP) is 2.61. The molecule has 0 saturated carbocycles. The minimum atomic E-state index is -0.359. The molecule has 0 aliphatic rings. The summed E-state index contributed by atoms with van der Waals surface area (Å²) < 4.78 is 5.43. The summed E-state index contributed by atoms with van der Waals surface area (Å²) in [7, 11) is 0. The number of hydrogen-bond donors (Lipinski definition) is 0. The molecule has 0 radical (unpaired) electrons. The van der Waals surface area contributed by atoms with Gasteiger partial charge in [-0.3, -0.25) is 4.79 Å². The summed E-state index contributed by atoms with van der Waals surface area (Å²) in [6.07, 6.45) is 0.658. The molecule has 14 heavy (non-hydrogen) atoms. The molecule has 0 fully saturated rings. The Balaban J connectivity index is 2.64. The van der Waals surface area contributed by atoms with Gasteiger partial charge >= 0.3 is 0 Å². The first-order valence-electron chi connectivity index (χ1n) is 4.89. The van der Waals surface area contributed by atoms with E-state index in [1.165, 1.54) is 12.5 Å². The molecule has 0 aliphatic heterocycles. The summed E-state index contributed by atoms with van der Waals surface area (Å²) >= 11 is 0. The molecular formula is C12H16O2. The highest BCUT2D eigenvalue weighted by Gasteiger charge is 2.08. The maximum absolute atomic E-state index is 10.9. The third-order valence-corrected chi connectivity index (χ3v) is 2.22. The van der Waals surface area contributed by atoms with Crippen LogP contribution < -0.4 is 4.74 Å². The Morgan fingerprint density at radius 1 is 1.36 bits per heavy atom. The number of carbonyl (C=O) groups excluding carboxylic acids is 1. The molecule has 0 heterocycles. The van der Waals surface area contributed by atoms with Crippen molar-refractivity contribution in [3.63, 3.8) is 0 Å². The van der Waals surface area contributed by atoms with Crippen LogP contribution in [-0.2, 0) is 11.2 Å². The minimum absolute atomic E-state index is 0.0459. The van der Waals surface area contributed by atoms with Crippen molar-refractivity contribution in [1.29, 1.82) is 0 Å². The molecule has 0 N–H and O–H groups in total. The van der Waals surface area contributed by atoms with E-state index in [2.05, 4.69) is 6.92 Å². The molecule has 0 bridgehead atoms. The minimum Gasteiger partial charge on any atom is -0.483 e. The van der Waals surface area contributed by atoms with Gasteiger partial charge in [0.2, 0.25) is 0 Å². The fourth-order valence-electron chi connectivity index (χ4n) is 1.09. The summed E-state index contributed by atoms with van der Waals surface area (Å²) in [5, 5.41) is 0. The number of hydrogen-bond acceptors (Lipinski definition) is 2. The number of rotatable bonds is 4. The van der Waals surface area contributed by atoms with Gasteiger partial charge in [-0.05, 0) is 38.0 Å². The van der Waals surface area contributed by atoms with Gasteiger partial charge in [-0.15, -0.1) is 0 Å². The van der Waals surface area contributed by atoms with Crippen LogP contribution >= 0.6 is 0 Å². The molecule has 1 unspecified atom stereocenters. The first-order valence-corrected chi connectivity index (χ1v) is 4.89. The van der Waals surface area contributed by atoms with E-state index >= 15 is 0 Å². The van der Waals surface area contributed by atoms with Gasteiger partial charge in [-0.1, -0.05) is 19.1 Å². The van der Waals surface area contributed by atoms with Gasteiger partial charge in [-0.25, -0.2) is 0 Å². The zero-order chi connectivity index (χ0) is 10.6. The van der Waals surface area contributed by atoms with Crippen molar-refractivity contribution < 1.29 is 9.53 Å². The maximum atomic E-state index is 10.9. The summed E-state index contributed by atoms with van der Waals surface area (Å²) in [5.74, 6) is 0.800. The summed E-state index contributed by atoms with van der Waals surface area (Å²) in [6, 6.07) is 7.83. The van der Waals surface area contributed by atoms with Gasteiger partial charge in [0, 0.05) is 0 Å². The Kier molecular flexibility index (Phi) is 3.69. The molecule has 1 aromatic carbocycles. The van der Waals surface area contributed by atoms with Gasteiger partial charge in [0.25, 0.3) is 0 Å². The molecule has 0 aliphatic carbocycles. The molecule has 0 spiro atoms. The number of Topliss-reactive ketones (excluding diaryl/α,β-unsaturated/α-hetero) is 1. The monoisotopic (exact) mass is 192 g/mol. The number of benzene rings is 1. The average molecular weight is 192 g/mol. The number of ether oxygens (including phenoxy) is 1. The highest BCUT2D eigenvalue weighted by molar-refractivity contribution is 5.80. The molecular weight excluding hydrogens is 176 g/mol. The first kappa shape index (κ1) is 10.8. The van der Waals surface area contributed by atoms with E-state index in [1.807, 2.05) is 24.3 Å². The van der Waals surface area contributed by atoms with Crippen molar-refractivity contribution in [1.82, 2.24) is 0 Å². The van der Waals surface area contributed by atoms with Crippen molar-refractivity contribution in [2.75, 3.05) is 0 Å². The third kappa shape index (κ3) is 2.87. The molecule has 1 aromatic rings. The Bertz CT molecular complexity index is 301. The van der Waals surface area contributed by atoms with Crippen LogP contribution in [0.5, 0.6) is 5.75 Å². The SMILES string of the molecule is CCc1ccc(OC(C)C(C)=O)cc1. The maximum Gasteiger partial charge on any atom is 0.169 e. The number of ketones is 1. The summed E-state index contributed by atoms with van der Waals surface area (Å²) in [4.78, 5) is 10.9. The van der Waals surface area contributed by atoms with E-state index in [0.717, 1.165) is 12.2 Å².